The fourth-order valence-corrected chi connectivity index (χ4v) is 1.20. The Kier molecular flexibility index (Phi) is 17.1. The number of carbonyl (C=O) groups excluding carboxylic acids is 2. The van der Waals surface area contributed by atoms with Crippen LogP contribution in [0, 0.1) is 0 Å². The van der Waals surface area contributed by atoms with Crippen LogP contribution in [0.2, 0.25) is 0 Å². The zero-order valence-corrected chi connectivity index (χ0v) is 12.2. The first-order valence-corrected chi connectivity index (χ1v) is 6.61. The molecule has 0 aromatic rings. The van der Waals surface area contributed by atoms with Gasteiger partial charge in [0.25, 0.3) is 0 Å². The molecular formula is C15H26O4. The third kappa shape index (κ3) is 19.0. The van der Waals surface area contributed by atoms with Crippen LogP contribution in [0.1, 0.15) is 45.4 Å². The van der Waals surface area contributed by atoms with Crippen molar-refractivity contribution in [1.29, 1.82) is 0 Å². The van der Waals surface area contributed by atoms with Crippen molar-refractivity contribution in [2.24, 2.45) is 0 Å². The minimum Gasteiger partial charge on any atom is -0.466 e. The SMILES string of the molecule is C=CC(=O)OC.C=CC(=O)OCCCCCCCC. The number of unbranched alkanes of at least 4 members (excludes halogenated alkanes) is 5. The zero-order valence-electron chi connectivity index (χ0n) is 12.2. The Labute approximate surface area is 116 Å². The number of carbonyl (C=O) groups is 2. The summed E-state index contributed by atoms with van der Waals surface area (Å²) in [6.45, 7) is 9.22. The second kappa shape index (κ2) is 16.4. The van der Waals surface area contributed by atoms with E-state index in [0.717, 1.165) is 18.9 Å². The van der Waals surface area contributed by atoms with Crippen LogP contribution in [-0.2, 0) is 19.1 Å². The number of rotatable bonds is 9. The topological polar surface area (TPSA) is 52.6 Å². The number of methoxy groups -OCH3 is 1. The summed E-state index contributed by atoms with van der Waals surface area (Å²) in [7, 11) is 1.31. The maximum Gasteiger partial charge on any atom is 0.330 e. The van der Waals surface area contributed by atoms with E-state index in [0.29, 0.717) is 6.61 Å². The van der Waals surface area contributed by atoms with Gasteiger partial charge in [0.1, 0.15) is 0 Å². The van der Waals surface area contributed by atoms with Crippen LogP contribution in [0.3, 0.4) is 0 Å². The van der Waals surface area contributed by atoms with E-state index >= 15 is 0 Å². The predicted octanol–water partition coefficient (Wildman–Crippen LogP) is 3.42. The molecule has 0 unspecified atom stereocenters. The molecule has 0 heterocycles. The van der Waals surface area contributed by atoms with Crippen LogP contribution < -0.4 is 0 Å². The normalized spacial score (nSPS) is 8.74. The second-order valence-corrected chi connectivity index (χ2v) is 3.87. The highest BCUT2D eigenvalue weighted by Gasteiger charge is 1.94. The quantitative estimate of drug-likeness (QED) is 0.366. The molecule has 0 rings (SSSR count). The first-order chi connectivity index (χ1) is 9.12. The molecule has 0 aliphatic carbocycles. The van der Waals surface area contributed by atoms with E-state index in [1.165, 1.54) is 38.9 Å². The van der Waals surface area contributed by atoms with E-state index in [2.05, 4.69) is 24.8 Å². The van der Waals surface area contributed by atoms with Crippen molar-refractivity contribution in [3.63, 3.8) is 0 Å². The number of esters is 2. The van der Waals surface area contributed by atoms with Gasteiger partial charge in [0, 0.05) is 12.2 Å². The third-order valence-electron chi connectivity index (χ3n) is 2.28. The molecule has 0 spiro atoms. The van der Waals surface area contributed by atoms with Crippen LogP contribution in [0.4, 0.5) is 0 Å². The van der Waals surface area contributed by atoms with E-state index in [1.807, 2.05) is 0 Å². The third-order valence-corrected chi connectivity index (χ3v) is 2.28. The molecule has 0 aromatic carbocycles. The first-order valence-electron chi connectivity index (χ1n) is 6.61. The van der Waals surface area contributed by atoms with Gasteiger partial charge in [0.2, 0.25) is 0 Å². The van der Waals surface area contributed by atoms with Crippen LogP contribution in [0.25, 0.3) is 0 Å². The maximum absolute atomic E-state index is 10.6. The van der Waals surface area contributed by atoms with Gasteiger partial charge in [-0.15, -0.1) is 0 Å². The average Bonchev–Trinajstić information content (AvgIpc) is 2.45. The lowest BCUT2D eigenvalue weighted by Gasteiger charge is -2.01. The van der Waals surface area contributed by atoms with Crippen molar-refractivity contribution >= 4 is 11.9 Å². The summed E-state index contributed by atoms with van der Waals surface area (Å²) in [5.41, 5.74) is 0. The highest BCUT2D eigenvalue weighted by Crippen LogP contribution is 2.04. The molecule has 0 aliphatic rings. The molecule has 0 atom stereocenters. The molecule has 19 heavy (non-hydrogen) atoms. The molecule has 0 saturated heterocycles. The van der Waals surface area contributed by atoms with Crippen LogP contribution in [-0.4, -0.2) is 25.7 Å². The van der Waals surface area contributed by atoms with Gasteiger partial charge in [-0.3, -0.25) is 0 Å². The van der Waals surface area contributed by atoms with Crippen LogP contribution in [0.15, 0.2) is 25.3 Å². The van der Waals surface area contributed by atoms with Gasteiger partial charge in [-0.25, -0.2) is 9.59 Å². The smallest absolute Gasteiger partial charge is 0.330 e. The predicted molar refractivity (Wildman–Crippen MR) is 76.7 cm³/mol. The Balaban J connectivity index is 0. The summed E-state index contributed by atoms with van der Waals surface area (Å²) in [5, 5.41) is 0. The first kappa shape index (κ1) is 19.8. The Bertz CT molecular complexity index is 259. The minimum atomic E-state index is -0.394. The Morgan fingerprint density at radius 1 is 0.947 bits per heavy atom. The molecule has 0 bridgehead atoms. The van der Waals surface area contributed by atoms with Gasteiger partial charge in [0.15, 0.2) is 0 Å². The van der Waals surface area contributed by atoms with Gasteiger partial charge in [-0.2, -0.15) is 0 Å². The lowest BCUT2D eigenvalue weighted by molar-refractivity contribution is -0.138. The summed E-state index contributed by atoms with van der Waals surface area (Å²) in [4.78, 5) is 20.4. The number of hydrogen-bond acceptors (Lipinski definition) is 4. The van der Waals surface area contributed by atoms with Crippen molar-refractivity contribution in [2.45, 2.75) is 45.4 Å². The van der Waals surface area contributed by atoms with Gasteiger partial charge >= 0.3 is 11.9 Å². The molecule has 0 aromatic heterocycles. The van der Waals surface area contributed by atoms with Gasteiger partial charge < -0.3 is 9.47 Å². The van der Waals surface area contributed by atoms with Gasteiger partial charge in [-0.1, -0.05) is 52.2 Å². The average molecular weight is 270 g/mol. The summed E-state index contributed by atoms with van der Waals surface area (Å²) >= 11 is 0. The van der Waals surface area contributed by atoms with Crippen LogP contribution >= 0.6 is 0 Å². The van der Waals surface area contributed by atoms with Crippen LogP contribution in [0.5, 0.6) is 0 Å². The molecule has 110 valence electrons. The van der Waals surface area contributed by atoms with Crippen molar-refractivity contribution in [3.05, 3.63) is 25.3 Å². The van der Waals surface area contributed by atoms with E-state index in [4.69, 9.17) is 4.74 Å². The van der Waals surface area contributed by atoms with Crippen molar-refractivity contribution < 1.29 is 19.1 Å². The maximum atomic E-state index is 10.6. The highest BCUT2D eigenvalue weighted by atomic mass is 16.5. The Hall–Kier alpha value is -1.58. The van der Waals surface area contributed by atoms with E-state index in [9.17, 15) is 9.59 Å². The number of ether oxygens (including phenoxy) is 2. The molecule has 4 nitrogen and oxygen atoms in total. The fourth-order valence-electron chi connectivity index (χ4n) is 1.20. The van der Waals surface area contributed by atoms with E-state index < -0.39 is 5.97 Å². The van der Waals surface area contributed by atoms with E-state index in [-0.39, 0.29) is 5.97 Å². The minimum absolute atomic E-state index is 0.312. The highest BCUT2D eigenvalue weighted by molar-refractivity contribution is 5.81. The molecule has 0 radical (unpaired) electrons. The summed E-state index contributed by atoms with van der Waals surface area (Å²) in [6.07, 6.45) is 9.58. The molecule has 0 saturated carbocycles. The zero-order chi connectivity index (χ0) is 14.9. The Morgan fingerprint density at radius 2 is 1.47 bits per heavy atom. The Morgan fingerprint density at radius 3 is 1.89 bits per heavy atom. The van der Waals surface area contributed by atoms with E-state index in [1.54, 1.807) is 0 Å². The molecule has 0 N–H and O–H groups in total. The molecule has 0 amide bonds. The van der Waals surface area contributed by atoms with Crippen molar-refractivity contribution in [3.8, 4) is 0 Å². The van der Waals surface area contributed by atoms with Gasteiger partial charge in [-0.05, 0) is 6.42 Å². The largest absolute Gasteiger partial charge is 0.466 e. The van der Waals surface area contributed by atoms with Gasteiger partial charge in [0.05, 0.1) is 13.7 Å². The monoisotopic (exact) mass is 270 g/mol. The number of hydrogen-bond donors (Lipinski definition) is 0. The molecule has 0 fully saturated rings. The summed E-state index contributed by atoms with van der Waals surface area (Å²) < 4.78 is 8.98. The van der Waals surface area contributed by atoms with Crippen molar-refractivity contribution in [1.82, 2.24) is 0 Å². The summed E-state index contributed by atoms with van der Waals surface area (Å²) in [5.74, 6) is -0.705. The molecule has 4 heteroatoms. The standard InChI is InChI=1S/C11H20O2.C4H6O2/c1-3-5-6-7-8-9-10-13-11(12)4-2;1-3-4(5)6-2/h4H,2-3,5-10H2,1H3;3H,1H2,2H3. The van der Waals surface area contributed by atoms with Crippen molar-refractivity contribution in [2.75, 3.05) is 13.7 Å². The second-order valence-electron chi connectivity index (χ2n) is 3.87. The fraction of sp³-hybridized carbons (Fsp3) is 0.600. The summed E-state index contributed by atoms with van der Waals surface area (Å²) in [6, 6.07) is 0. The lowest BCUT2D eigenvalue weighted by Crippen LogP contribution is -2.01. The molecular weight excluding hydrogens is 244 g/mol. The lowest BCUT2D eigenvalue weighted by atomic mass is 10.1. The molecule has 0 aliphatic heterocycles.